The molecule has 12 heteroatoms. The van der Waals surface area contributed by atoms with Gasteiger partial charge in [0.05, 0.1) is 48.5 Å². The summed E-state index contributed by atoms with van der Waals surface area (Å²) in [5, 5.41) is 11.4. The number of carbonyl (C=O) groups is 1. The predicted molar refractivity (Wildman–Crippen MR) is 151 cm³/mol. The van der Waals surface area contributed by atoms with E-state index in [1.807, 2.05) is 40.7 Å². The number of aromatic amines is 1. The summed E-state index contributed by atoms with van der Waals surface area (Å²) >= 11 is 0. The van der Waals surface area contributed by atoms with Crippen molar-refractivity contribution in [3.8, 4) is 22.8 Å². The van der Waals surface area contributed by atoms with Gasteiger partial charge in [-0.25, -0.2) is 18.1 Å². The Labute approximate surface area is 228 Å². The molecule has 0 aliphatic rings. The summed E-state index contributed by atoms with van der Waals surface area (Å²) in [4.78, 5) is 21.0. The molecule has 39 heavy (non-hydrogen) atoms. The van der Waals surface area contributed by atoms with Gasteiger partial charge in [-0.2, -0.15) is 0 Å². The van der Waals surface area contributed by atoms with Gasteiger partial charge in [0.1, 0.15) is 11.5 Å². The lowest BCUT2D eigenvalue weighted by atomic mass is 9.86. The lowest BCUT2D eigenvalue weighted by molar-refractivity contribution is 0.102. The zero-order chi connectivity index (χ0) is 28.5. The molecule has 0 spiro atoms. The average Bonchev–Trinajstić information content (AvgIpc) is 3.52. The number of H-pyrrole nitrogens is 1. The van der Waals surface area contributed by atoms with Crippen molar-refractivity contribution >= 4 is 27.3 Å². The lowest BCUT2D eigenvalue weighted by Gasteiger charge is -2.24. The molecule has 0 aliphatic carbocycles. The zero-order valence-electron chi connectivity index (χ0n) is 23.1. The predicted octanol–water partition coefficient (Wildman–Crippen LogP) is 4.46. The van der Waals surface area contributed by atoms with E-state index in [1.165, 1.54) is 7.11 Å². The molecule has 0 fully saturated rings. The lowest BCUT2D eigenvalue weighted by Crippen LogP contribution is -2.18. The number of aromatic nitrogens is 5. The highest BCUT2D eigenvalue weighted by atomic mass is 32.2. The molecule has 0 saturated heterocycles. The SMILES string of the molecule is CCc1ncc(-c2cn(-c3cc(C(=O)Nc4cc(C(C)(C)C)cc(NS(C)(=O)=O)c4OC)ccc3C)nn2)[nH]1. The summed E-state index contributed by atoms with van der Waals surface area (Å²) in [6.45, 7) is 9.92. The molecule has 0 atom stereocenters. The molecule has 2 aromatic heterocycles. The average molecular weight is 552 g/mol. The molecule has 1 amide bonds. The Balaban J connectivity index is 1.69. The third-order valence-electron chi connectivity index (χ3n) is 6.15. The van der Waals surface area contributed by atoms with Gasteiger partial charge in [0.15, 0.2) is 5.75 Å². The molecule has 0 radical (unpaired) electrons. The number of rotatable bonds is 8. The third kappa shape index (κ3) is 6.28. The molecule has 206 valence electrons. The smallest absolute Gasteiger partial charge is 0.255 e. The number of aryl methyl sites for hydroxylation is 2. The molecule has 0 unspecified atom stereocenters. The number of benzene rings is 2. The van der Waals surface area contributed by atoms with E-state index >= 15 is 0 Å². The Bertz CT molecular complexity index is 1630. The standard InChI is InChI=1S/C27H33N7O4S/c1-8-24-28-14-21(29-24)22-15-34(33-31-22)23-11-17(10-9-16(23)2)26(35)30-19-12-18(27(3,4)5)13-20(25(19)38-6)32-39(7,36)37/h9-15,32H,8H2,1-7H3,(H,28,29)(H,30,35). The number of anilines is 2. The molecule has 0 aliphatic heterocycles. The van der Waals surface area contributed by atoms with Gasteiger partial charge in [-0.1, -0.05) is 39.0 Å². The number of hydrogen-bond acceptors (Lipinski definition) is 7. The summed E-state index contributed by atoms with van der Waals surface area (Å²) in [5.74, 6) is 0.670. The second kappa shape index (κ2) is 10.5. The number of nitrogens with one attached hydrogen (secondary N) is 3. The van der Waals surface area contributed by atoms with E-state index in [0.29, 0.717) is 22.6 Å². The molecule has 0 bridgehead atoms. The molecule has 2 aromatic carbocycles. The van der Waals surface area contributed by atoms with Gasteiger partial charge in [0.25, 0.3) is 5.91 Å². The monoisotopic (exact) mass is 551 g/mol. The van der Waals surface area contributed by atoms with Gasteiger partial charge in [0.2, 0.25) is 10.0 Å². The number of nitrogens with zero attached hydrogens (tertiary/aromatic N) is 4. The van der Waals surface area contributed by atoms with Gasteiger partial charge >= 0.3 is 0 Å². The molecule has 2 heterocycles. The highest BCUT2D eigenvalue weighted by Gasteiger charge is 2.23. The quantitative estimate of drug-likeness (QED) is 0.293. The molecule has 0 saturated carbocycles. The van der Waals surface area contributed by atoms with Crippen LogP contribution in [0.4, 0.5) is 11.4 Å². The second-order valence-electron chi connectivity index (χ2n) is 10.3. The van der Waals surface area contributed by atoms with Crippen LogP contribution >= 0.6 is 0 Å². The minimum atomic E-state index is -3.59. The van der Waals surface area contributed by atoms with Crippen molar-refractivity contribution < 1.29 is 17.9 Å². The molecule has 4 rings (SSSR count). The summed E-state index contributed by atoms with van der Waals surface area (Å²) in [7, 11) is -2.17. The fraction of sp³-hybridized carbons (Fsp3) is 0.333. The fourth-order valence-corrected chi connectivity index (χ4v) is 4.57. The summed E-state index contributed by atoms with van der Waals surface area (Å²) < 4.78 is 33.7. The van der Waals surface area contributed by atoms with Gasteiger partial charge in [-0.05, 0) is 47.7 Å². The van der Waals surface area contributed by atoms with Crippen molar-refractivity contribution in [3.05, 3.63) is 65.2 Å². The number of methoxy groups -OCH3 is 1. The van der Waals surface area contributed by atoms with Crippen LogP contribution in [-0.4, -0.2) is 52.7 Å². The van der Waals surface area contributed by atoms with Gasteiger partial charge in [-0.3, -0.25) is 9.52 Å². The first-order valence-corrected chi connectivity index (χ1v) is 14.3. The van der Waals surface area contributed by atoms with E-state index in [9.17, 15) is 13.2 Å². The minimum Gasteiger partial charge on any atom is -0.492 e. The van der Waals surface area contributed by atoms with E-state index in [2.05, 4.69) is 30.3 Å². The molecule has 11 nitrogen and oxygen atoms in total. The molecule has 4 aromatic rings. The number of carbonyl (C=O) groups excluding carboxylic acids is 1. The summed E-state index contributed by atoms with van der Waals surface area (Å²) in [5.41, 5.74) is 4.43. The first-order valence-electron chi connectivity index (χ1n) is 12.4. The highest BCUT2D eigenvalue weighted by molar-refractivity contribution is 7.92. The van der Waals surface area contributed by atoms with E-state index < -0.39 is 15.9 Å². The maximum atomic E-state index is 13.4. The largest absolute Gasteiger partial charge is 0.492 e. The Hall–Kier alpha value is -4.19. The van der Waals surface area contributed by atoms with Crippen LogP contribution < -0.4 is 14.8 Å². The van der Waals surface area contributed by atoms with Crippen LogP contribution in [0.15, 0.2) is 42.7 Å². The van der Waals surface area contributed by atoms with Crippen molar-refractivity contribution in [1.82, 2.24) is 25.0 Å². The molecular formula is C27H33N7O4S. The number of imidazole rings is 1. The van der Waals surface area contributed by atoms with Crippen molar-refractivity contribution in [1.29, 1.82) is 0 Å². The second-order valence-corrected chi connectivity index (χ2v) is 12.1. The number of hydrogen-bond donors (Lipinski definition) is 3. The first-order chi connectivity index (χ1) is 18.3. The Morgan fingerprint density at radius 2 is 1.87 bits per heavy atom. The van der Waals surface area contributed by atoms with Crippen LogP contribution in [0.1, 0.15) is 55.0 Å². The van der Waals surface area contributed by atoms with Crippen LogP contribution in [0.2, 0.25) is 0 Å². The Morgan fingerprint density at radius 1 is 1.15 bits per heavy atom. The van der Waals surface area contributed by atoms with Crippen LogP contribution in [0.25, 0.3) is 17.1 Å². The van der Waals surface area contributed by atoms with Gasteiger partial charge in [0, 0.05) is 12.0 Å². The zero-order valence-corrected chi connectivity index (χ0v) is 23.9. The van der Waals surface area contributed by atoms with Crippen molar-refractivity contribution in [2.45, 2.75) is 46.5 Å². The number of sulfonamides is 1. The van der Waals surface area contributed by atoms with E-state index in [1.54, 1.807) is 41.3 Å². The third-order valence-corrected chi connectivity index (χ3v) is 6.74. The number of amides is 1. The first kappa shape index (κ1) is 27.8. The molecule has 3 N–H and O–H groups in total. The van der Waals surface area contributed by atoms with Crippen molar-refractivity contribution in [2.24, 2.45) is 0 Å². The summed E-state index contributed by atoms with van der Waals surface area (Å²) in [6, 6.07) is 8.77. The summed E-state index contributed by atoms with van der Waals surface area (Å²) in [6.07, 6.45) is 5.33. The normalized spacial score (nSPS) is 11.9. The van der Waals surface area contributed by atoms with Gasteiger partial charge in [-0.15, -0.1) is 5.10 Å². The van der Waals surface area contributed by atoms with Crippen LogP contribution in [0.5, 0.6) is 5.75 Å². The van der Waals surface area contributed by atoms with Gasteiger partial charge < -0.3 is 15.0 Å². The van der Waals surface area contributed by atoms with Crippen LogP contribution in [0, 0.1) is 6.92 Å². The topological polar surface area (TPSA) is 144 Å². The van der Waals surface area contributed by atoms with E-state index in [4.69, 9.17) is 4.74 Å². The fourth-order valence-electron chi connectivity index (χ4n) is 4.02. The van der Waals surface area contributed by atoms with Crippen molar-refractivity contribution in [3.63, 3.8) is 0 Å². The number of ether oxygens (including phenoxy) is 1. The maximum Gasteiger partial charge on any atom is 0.255 e. The van der Waals surface area contributed by atoms with E-state index in [-0.39, 0.29) is 16.9 Å². The van der Waals surface area contributed by atoms with E-state index in [0.717, 1.165) is 35.3 Å². The minimum absolute atomic E-state index is 0.209. The highest BCUT2D eigenvalue weighted by Crippen LogP contribution is 2.39. The Kier molecular flexibility index (Phi) is 7.51. The van der Waals surface area contributed by atoms with Crippen LogP contribution in [0.3, 0.4) is 0 Å². The van der Waals surface area contributed by atoms with Crippen LogP contribution in [-0.2, 0) is 21.9 Å². The van der Waals surface area contributed by atoms with Crippen molar-refractivity contribution in [2.75, 3.05) is 23.4 Å². The molecular weight excluding hydrogens is 518 g/mol. The Morgan fingerprint density at radius 3 is 2.49 bits per heavy atom. The maximum absolute atomic E-state index is 13.4.